The normalized spacial score (nSPS) is 16.5. The lowest BCUT2D eigenvalue weighted by molar-refractivity contribution is -0.274. The lowest BCUT2D eigenvalue weighted by Crippen LogP contribution is -2.16. The Morgan fingerprint density at radius 1 is 1.17 bits per heavy atom. The molecule has 1 aliphatic carbocycles. The van der Waals surface area contributed by atoms with Gasteiger partial charge in [0.1, 0.15) is 11.5 Å². The number of alkyl halides is 3. The number of hydrogen-bond acceptors (Lipinski definition) is 3. The van der Waals surface area contributed by atoms with Gasteiger partial charge in [0.15, 0.2) is 0 Å². The molecule has 1 aliphatic rings. The first kappa shape index (κ1) is 15.7. The molecule has 1 saturated carbocycles. The molecular formula is C16H17F3N2O2. The van der Waals surface area contributed by atoms with E-state index in [2.05, 4.69) is 9.84 Å². The first-order chi connectivity index (χ1) is 10.9. The fourth-order valence-corrected chi connectivity index (χ4v) is 2.98. The summed E-state index contributed by atoms with van der Waals surface area (Å²) < 4.78 is 42.2. The SMILES string of the molecule is Oc1cc(OC(F)(F)F)ccc1-c1cnn(C2CCCCC2)c1. The standard InChI is InChI=1S/C16H17F3N2O2/c17-16(18,19)23-13-6-7-14(15(22)8-13)11-9-20-21(10-11)12-4-2-1-3-5-12/h6-10,12,22H,1-5H2. The molecule has 1 heterocycles. The maximum absolute atomic E-state index is 12.2. The van der Waals surface area contributed by atoms with Crippen LogP contribution in [0.5, 0.6) is 11.5 Å². The van der Waals surface area contributed by atoms with Crippen LogP contribution in [0.4, 0.5) is 13.2 Å². The molecule has 7 heteroatoms. The first-order valence-electron chi connectivity index (χ1n) is 7.56. The quantitative estimate of drug-likeness (QED) is 0.892. The van der Waals surface area contributed by atoms with Crippen LogP contribution in [0.2, 0.25) is 0 Å². The first-order valence-corrected chi connectivity index (χ1v) is 7.56. The maximum atomic E-state index is 12.2. The number of nitrogens with zero attached hydrogens (tertiary/aromatic N) is 2. The van der Waals surface area contributed by atoms with Crippen LogP contribution in [-0.2, 0) is 0 Å². The highest BCUT2D eigenvalue weighted by Gasteiger charge is 2.31. The molecule has 0 atom stereocenters. The van der Waals surface area contributed by atoms with Gasteiger partial charge in [0.2, 0.25) is 0 Å². The Hall–Kier alpha value is -2.18. The minimum absolute atomic E-state index is 0.269. The molecule has 0 saturated heterocycles. The van der Waals surface area contributed by atoms with Gasteiger partial charge in [-0.25, -0.2) is 0 Å². The minimum Gasteiger partial charge on any atom is -0.507 e. The Balaban J connectivity index is 1.80. The van der Waals surface area contributed by atoms with E-state index in [9.17, 15) is 18.3 Å². The van der Waals surface area contributed by atoms with Gasteiger partial charge in [0.05, 0.1) is 12.2 Å². The zero-order valence-corrected chi connectivity index (χ0v) is 12.4. The van der Waals surface area contributed by atoms with Crippen LogP contribution in [0.3, 0.4) is 0 Å². The van der Waals surface area contributed by atoms with E-state index in [0.717, 1.165) is 18.9 Å². The maximum Gasteiger partial charge on any atom is 0.573 e. The van der Waals surface area contributed by atoms with Gasteiger partial charge in [-0.2, -0.15) is 5.10 Å². The lowest BCUT2D eigenvalue weighted by atomic mass is 9.96. The molecule has 124 valence electrons. The number of aromatic hydroxyl groups is 1. The van der Waals surface area contributed by atoms with Gasteiger partial charge in [-0.1, -0.05) is 19.3 Å². The number of rotatable bonds is 3. The van der Waals surface area contributed by atoms with Crippen LogP contribution in [0.15, 0.2) is 30.6 Å². The molecule has 0 aliphatic heterocycles. The van der Waals surface area contributed by atoms with Crippen molar-refractivity contribution >= 4 is 0 Å². The molecule has 1 aromatic carbocycles. The predicted octanol–water partition coefficient (Wildman–Crippen LogP) is 4.66. The smallest absolute Gasteiger partial charge is 0.507 e. The largest absolute Gasteiger partial charge is 0.573 e. The highest BCUT2D eigenvalue weighted by atomic mass is 19.4. The number of halogens is 3. The highest BCUT2D eigenvalue weighted by molar-refractivity contribution is 5.70. The van der Waals surface area contributed by atoms with Crippen molar-refractivity contribution in [1.29, 1.82) is 0 Å². The van der Waals surface area contributed by atoms with E-state index in [1.54, 1.807) is 6.20 Å². The Morgan fingerprint density at radius 3 is 2.57 bits per heavy atom. The third-order valence-electron chi connectivity index (χ3n) is 4.06. The fraction of sp³-hybridized carbons (Fsp3) is 0.438. The summed E-state index contributed by atoms with van der Waals surface area (Å²) in [5, 5.41) is 14.3. The van der Waals surface area contributed by atoms with Crippen LogP contribution in [-0.4, -0.2) is 21.2 Å². The van der Waals surface area contributed by atoms with Crippen LogP contribution in [0.25, 0.3) is 11.1 Å². The summed E-state index contributed by atoms with van der Waals surface area (Å²) in [5.41, 5.74) is 1.10. The van der Waals surface area contributed by atoms with E-state index >= 15 is 0 Å². The van der Waals surface area contributed by atoms with Crippen molar-refractivity contribution in [3.05, 3.63) is 30.6 Å². The fourth-order valence-electron chi connectivity index (χ4n) is 2.98. The van der Waals surface area contributed by atoms with Crippen LogP contribution < -0.4 is 4.74 Å². The monoisotopic (exact) mass is 326 g/mol. The zero-order valence-electron chi connectivity index (χ0n) is 12.4. The van der Waals surface area contributed by atoms with Crippen molar-refractivity contribution in [3.63, 3.8) is 0 Å². The average Bonchev–Trinajstić information content (AvgIpc) is 2.96. The Labute approximate surface area is 131 Å². The highest BCUT2D eigenvalue weighted by Crippen LogP contribution is 2.35. The summed E-state index contributed by atoms with van der Waals surface area (Å²) in [5.74, 6) is -0.714. The number of phenols is 1. The second-order valence-electron chi connectivity index (χ2n) is 5.73. The number of aromatic nitrogens is 2. The molecular weight excluding hydrogens is 309 g/mol. The molecule has 23 heavy (non-hydrogen) atoms. The molecule has 4 nitrogen and oxygen atoms in total. The molecule has 0 bridgehead atoms. The van der Waals surface area contributed by atoms with E-state index in [1.165, 1.54) is 31.4 Å². The van der Waals surface area contributed by atoms with Gasteiger partial charge >= 0.3 is 6.36 Å². The third kappa shape index (κ3) is 3.78. The van der Waals surface area contributed by atoms with Crippen molar-refractivity contribution in [2.45, 2.75) is 44.5 Å². The van der Waals surface area contributed by atoms with Crippen LogP contribution in [0, 0.1) is 0 Å². The Bertz CT molecular complexity index is 676. The Kier molecular flexibility index (Phi) is 4.19. The van der Waals surface area contributed by atoms with Gasteiger partial charge in [0, 0.05) is 23.4 Å². The van der Waals surface area contributed by atoms with Crippen molar-refractivity contribution in [2.24, 2.45) is 0 Å². The van der Waals surface area contributed by atoms with Gasteiger partial charge in [0.25, 0.3) is 0 Å². The summed E-state index contributed by atoms with van der Waals surface area (Å²) in [6.45, 7) is 0. The lowest BCUT2D eigenvalue weighted by Gasteiger charge is -2.21. The van der Waals surface area contributed by atoms with Crippen LogP contribution >= 0.6 is 0 Å². The Morgan fingerprint density at radius 2 is 1.91 bits per heavy atom. The van der Waals surface area contributed by atoms with E-state index < -0.39 is 12.1 Å². The van der Waals surface area contributed by atoms with Gasteiger partial charge in [-0.15, -0.1) is 13.2 Å². The molecule has 0 spiro atoms. The number of ether oxygens (including phenoxy) is 1. The summed E-state index contributed by atoms with van der Waals surface area (Å²) in [4.78, 5) is 0. The summed E-state index contributed by atoms with van der Waals surface area (Å²) in [6, 6.07) is 3.90. The number of hydrogen-bond donors (Lipinski definition) is 1. The summed E-state index contributed by atoms with van der Waals surface area (Å²) >= 11 is 0. The molecule has 0 amide bonds. The zero-order chi connectivity index (χ0) is 16.4. The van der Waals surface area contributed by atoms with Crippen molar-refractivity contribution < 1.29 is 23.0 Å². The van der Waals surface area contributed by atoms with E-state index in [-0.39, 0.29) is 5.75 Å². The molecule has 0 radical (unpaired) electrons. The van der Waals surface area contributed by atoms with Crippen molar-refractivity contribution in [1.82, 2.24) is 9.78 Å². The molecule has 1 fully saturated rings. The summed E-state index contributed by atoms with van der Waals surface area (Å²) in [7, 11) is 0. The van der Waals surface area contributed by atoms with Gasteiger partial charge in [-0.05, 0) is 25.0 Å². The topological polar surface area (TPSA) is 47.3 Å². The molecule has 3 rings (SSSR count). The molecule has 1 N–H and O–H groups in total. The molecule has 0 unspecified atom stereocenters. The molecule has 2 aromatic rings. The average molecular weight is 326 g/mol. The van der Waals surface area contributed by atoms with Crippen molar-refractivity contribution in [3.8, 4) is 22.6 Å². The van der Waals surface area contributed by atoms with Gasteiger partial charge in [-0.3, -0.25) is 4.68 Å². The van der Waals surface area contributed by atoms with Gasteiger partial charge < -0.3 is 9.84 Å². The van der Waals surface area contributed by atoms with E-state index in [0.29, 0.717) is 17.2 Å². The molecule has 1 aromatic heterocycles. The third-order valence-corrected chi connectivity index (χ3v) is 4.06. The van der Waals surface area contributed by atoms with Crippen molar-refractivity contribution in [2.75, 3.05) is 0 Å². The second-order valence-corrected chi connectivity index (χ2v) is 5.73. The minimum atomic E-state index is -4.78. The second kappa shape index (κ2) is 6.14. The van der Waals surface area contributed by atoms with E-state index in [1.807, 2.05) is 10.9 Å². The number of phenolic OH excluding ortho intramolecular Hbond substituents is 1. The number of benzene rings is 1. The predicted molar refractivity (Wildman–Crippen MR) is 78.1 cm³/mol. The summed E-state index contributed by atoms with van der Waals surface area (Å²) in [6.07, 6.45) is 4.41. The van der Waals surface area contributed by atoms with Crippen LogP contribution in [0.1, 0.15) is 38.1 Å². The van der Waals surface area contributed by atoms with E-state index in [4.69, 9.17) is 0 Å².